The number of nitrogens with one attached hydrogen (secondary N) is 1. The van der Waals surface area contributed by atoms with Crippen LogP contribution in [0.4, 0.5) is 0 Å². The SMILES string of the molecule is CNC1CCCN(Cc2nnc(-c3ccc(Br)cc3)o2)C1. The van der Waals surface area contributed by atoms with E-state index >= 15 is 0 Å². The van der Waals surface area contributed by atoms with Gasteiger partial charge in [-0.15, -0.1) is 10.2 Å². The van der Waals surface area contributed by atoms with Gasteiger partial charge in [0.15, 0.2) is 0 Å². The Morgan fingerprint density at radius 3 is 2.90 bits per heavy atom. The first-order valence-electron chi connectivity index (χ1n) is 7.22. The number of halogens is 1. The minimum atomic E-state index is 0.563. The van der Waals surface area contributed by atoms with E-state index in [2.05, 4.69) is 36.3 Å². The molecule has 21 heavy (non-hydrogen) atoms. The highest BCUT2D eigenvalue weighted by molar-refractivity contribution is 9.10. The van der Waals surface area contributed by atoms with Crippen LogP contribution in [0, 0.1) is 0 Å². The number of rotatable bonds is 4. The predicted molar refractivity (Wildman–Crippen MR) is 84.8 cm³/mol. The minimum absolute atomic E-state index is 0.563. The highest BCUT2D eigenvalue weighted by Crippen LogP contribution is 2.21. The first-order valence-corrected chi connectivity index (χ1v) is 8.02. The first-order chi connectivity index (χ1) is 10.2. The third-order valence-electron chi connectivity index (χ3n) is 3.83. The molecule has 0 spiro atoms. The van der Waals surface area contributed by atoms with E-state index in [0.29, 0.717) is 17.8 Å². The van der Waals surface area contributed by atoms with Crippen molar-refractivity contribution in [3.05, 3.63) is 34.6 Å². The van der Waals surface area contributed by atoms with Crippen LogP contribution in [0.15, 0.2) is 33.2 Å². The van der Waals surface area contributed by atoms with E-state index in [1.54, 1.807) is 0 Å². The van der Waals surface area contributed by atoms with E-state index in [1.807, 2.05) is 31.3 Å². The lowest BCUT2D eigenvalue weighted by molar-refractivity contribution is 0.173. The number of aromatic nitrogens is 2. The monoisotopic (exact) mass is 350 g/mol. The van der Waals surface area contributed by atoms with Crippen LogP contribution in [0.25, 0.3) is 11.5 Å². The molecule has 2 heterocycles. The largest absolute Gasteiger partial charge is 0.419 e. The number of piperidine rings is 1. The van der Waals surface area contributed by atoms with Gasteiger partial charge < -0.3 is 9.73 Å². The van der Waals surface area contributed by atoms with Crippen LogP contribution in [-0.2, 0) is 6.54 Å². The molecule has 3 rings (SSSR count). The molecule has 1 aromatic heterocycles. The van der Waals surface area contributed by atoms with Crippen LogP contribution < -0.4 is 5.32 Å². The average molecular weight is 351 g/mol. The summed E-state index contributed by atoms with van der Waals surface area (Å²) in [6.45, 7) is 2.85. The van der Waals surface area contributed by atoms with Crippen LogP contribution in [0.5, 0.6) is 0 Å². The smallest absolute Gasteiger partial charge is 0.247 e. The molecule has 0 bridgehead atoms. The molecule has 1 aromatic carbocycles. The number of likely N-dealkylation sites (N-methyl/N-ethyl adjacent to an activating group) is 1. The summed E-state index contributed by atoms with van der Waals surface area (Å²) in [5.41, 5.74) is 0.948. The van der Waals surface area contributed by atoms with Crippen molar-refractivity contribution < 1.29 is 4.42 Å². The van der Waals surface area contributed by atoms with Crippen molar-refractivity contribution in [1.29, 1.82) is 0 Å². The van der Waals surface area contributed by atoms with Gasteiger partial charge in [-0.3, -0.25) is 4.90 Å². The molecule has 1 N–H and O–H groups in total. The molecular weight excluding hydrogens is 332 g/mol. The molecule has 5 nitrogen and oxygen atoms in total. The molecule has 0 amide bonds. The molecule has 1 aliphatic rings. The Kier molecular flexibility index (Phi) is 4.67. The number of nitrogens with zero attached hydrogens (tertiary/aromatic N) is 3. The molecule has 0 radical (unpaired) electrons. The second-order valence-corrected chi connectivity index (χ2v) is 6.29. The lowest BCUT2D eigenvalue weighted by atomic mass is 10.1. The topological polar surface area (TPSA) is 54.2 Å². The summed E-state index contributed by atoms with van der Waals surface area (Å²) in [5, 5.41) is 11.7. The summed E-state index contributed by atoms with van der Waals surface area (Å²) in [4.78, 5) is 2.36. The van der Waals surface area contributed by atoms with E-state index in [4.69, 9.17) is 4.42 Å². The molecule has 1 atom stereocenters. The van der Waals surface area contributed by atoms with Crippen LogP contribution >= 0.6 is 15.9 Å². The zero-order valence-corrected chi connectivity index (χ0v) is 13.6. The molecule has 1 fully saturated rings. The Labute approximate surface area is 132 Å². The molecular formula is C15H19BrN4O. The van der Waals surface area contributed by atoms with Gasteiger partial charge in [-0.25, -0.2) is 0 Å². The average Bonchev–Trinajstić information content (AvgIpc) is 2.96. The van der Waals surface area contributed by atoms with Crippen LogP contribution in [0.3, 0.4) is 0 Å². The second kappa shape index (κ2) is 6.68. The van der Waals surface area contributed by atoms with Crippen molar-refractivity contribution in [3.63, 3.8) is 0 Å². The fraction of sp³-hybridized carbons (Fsp3) is 0.467. The van der Waals surface area contributed by atoms with Gasteiger partial charge in [0.1, 0.15) is 0 Å². The van der Waals surface area contributed by atoms with E-state index in [0.717, 1.165) is 29.7 Å². The Morgan fingerprint density at radius 2 is 2.14 bits per heavy atom. The highest BCUT2D eigenvalue weighted by atomic mass is 79.9. The van der Waals surface area contributed by atoms with Crippen molar-refractivity contribution in [2.75, 3.05) is 20.1 Å². The predicted octanol–water partition coefficient (Wildman–Crippen LogP) is 2.68. The maximum Gasteiger partial charge on any atom is 0.247 e. The first kappa shape index (κ1) is 14.7. The maximum atomic E-state index is 5.78. The fourth-order valence-electron chi connectivity index (χ4n) is 2.65. The normalized spacial score (nSPS) is 19.8. The van der Waals surface area contributed by atoms with Gasteiger partial charge in [-0.1, -0.05) is 15.9 Å². The molecule has 112 valence electrons. The molecule has 6 heteroatoms. The van der Waals surface area contributed by atoms with E-state index in [9.17, 15) is 0 Å². The van der Waals surface area contributed by atoms with Gasteiger partial charge in [0.05, 0.1) is 6.54 Å². The summed E-state index contributed by atoms with van der Waals surface area (Å²) in [5.74, 6) is 1.27. The molecule has 1 aliphatic heterocycles. The quantitative estimate of drug-likeness (QED) is 0.918. The molecule has 0 saturated carbocycles. The van der Waals surface area contributed by atoms with Crippen molar-refractivity contribution >= 4 is 15.9 Å². The van der Waals surface area contributed by atoms with E-state index in [-0.39, 0.29) is 0 Å². The fourth-order valence-corrected chi connectivity index (χ4v) is 2.92. The lowest BCUT2D eigenvalue weighted by Gasteiger charge is -2.31. The van der Waals surface area contributed by atoms with Gasteiger partial charge in [-0.05, 0) is 50.7 Å². The molecule has 2 aromatic rings. The summed E-state index contributed by atoms with van der Waals surface area (Å²) in [6, 6.07) is 8.45. The number of hydrogen-bond acceptors (Lipinski definition) is 5. The van der Waals surface area contributed by atoms with Crippen molar-refractivity contribution in [1.82, 2.24) is 20.4 Å². The summed E-state index contributed by atoms with van der Waals surface area (Å²) in [7, 11) is 2.02. The summed E-state index contributed by atoms with van der Waals surface area (Å²) in [6.07, 6.45) is 2.44. The van der Waals surface area contributed by atoms with E-state index < -0.39 is 0 Å². The molecule has 0 aliphatic carbocycles. The Morgan fingerprint density at radius 1 is 1.33 bits per heavy atom. The van der Waals surface area contributed by atoms with Gasteiger partial charge in [0, 0.05) is 22.6 Å². The zero-order valence-electron chi connectivity index (χ0n) is 12.1. The number of hydrogen-bond donors (Lipinski definition) is 1. The standard InChI is InChI=1S/C15H19BrN4O/c1-17-13-3-2-8-20(9-13)10-14-18-19-15(21-14)11-4-6-12(16)7-5-11/h4-7,13,17H,2-3,8-10H2,1H3. The van der Waals surface area contributed by atoms with Gasteiger partial charge in [0.2, 0.25) is 11.8 Å². The maximum absolute atomic E-state index is 5.78. The number of benzene rings is 1. The van der Waals surface area contributed by atoms with Crippen molar-refractivity contribution in [2.45, 2.75) is 25.4 Å². The van der Waals surface area contributed by atoms with Gasteiger partial charge in [-0.2, -0.15) is 0 Å². The minimum Gasteiger partial charge on any atom is -0.419 e. The van der Waals surface area contributed by atoms with Crippen LogP contribution in [0.2, 0.25) is 0 Å². The Bertz CT molecular complexity index is 584. The molecule has 1 saturated heterocycles. The van der Waals surface area contributed by atoms with Crippen molar-refractivity contribution in [3.8, 4) is 11.5 Å². The Balaban J connectivity index is 1.66. The Hall–Kier alpha value is -1.24. The van der Waals surface area contributed by atoms with E-state index in [1.165, 1.54) is 12.8 Å². The van der Waals surface area contributed by atoms with Crippen molar-refractivity contribution in [2.24, 2.45) is 0 Å². The summed E-state index contributed by atoms with van der Waals surface area (Å²) < 4.78 is 6.82. The summed E-state index contributed by atoms with van der Waals surface area (Å²) >= 11 is 3.42. The van der Waals surface area contributed by atoms with Gasteiger partial charge in [0.25, 0.3) is 0 Å². The van der Waals surface area contributed by atoms with Crippen LogP contribution in [0.1, 0.15) is 18.7 Å². The highest BCUT2D eigenvalue weighted by Gasteiger charge is 2.20. The second-order valence-electron chi connectivity index (χ2n) is 5.37. The lowest BCUT2D eigenvalue weighted by Crippen LogP contribution is -2.43. The third kappa shape index (κ3) is 3.70. The third-order valence-corrected chi connectivity index (χ3v) is 4.36. The molecule has 1 unspecified atom stereocenters. The van der Waals surface area contributed by atoms with Gasteiger partial charge >= 0.3 is 0 Å². The van der Waals surface area contributed by atoms with Crippen LogP contribution in [-0.4, -0.2) is 41.3 Å². The zero-order chi connectivity index (χ0) is 14.7. The number of likely N-dealkylation sites (tertiary alicyclic amines) is 1.